The molecule has 0 aliphatic heterocycles. The zero-order valence-corrected chi connectivity index (χ0v) is 13.6. The Kier molecular flexibility index (Phi) is 7.94. The molecule has 1 aromatic carbocycles. The molecule has 122 valence electrons. The molecule has 1 aromatic rings. The summed E-state index contributed by atoms with van der Waals surface area (Å²) in [6.07, 6.45) is 0. The fourth-order valence-electron chi connectivity index (χ4n) is 1.66. The van der Waals surface area contributed by atoms with Crippen LogP contribution in [-0.2, 0) is 20.1 Å². The number of nitrogens with two attached hydrogens (primary N) is 1. The quantitative estimate of drug-likeness (QED) is 0.590. The van der Waals surface area contributed by atoms with Crippen molar-refractivity contribution in [3.8, 4) is 0 Å². The van der Waals surface area contributed by atoms with Gasteiger partial charge in [-0.3, -0.25) is 4.79 Å². The highest BCUT2D eigenvalue weighted by atomic mass is 32.2. The number of methoxy groups -OCH3 is 1. The van der Waals surface area contributed by atoms with E-state index in [1.165, 1.54) is 24.4 Å². The topological polar surface area (TPSA) is 102 Å². The van der Waals surface area contributed by atoms with Gasteiger partial charge >= 0.3 is 5.97 Å². The Morgan fingerprint density at radius 2 is 2.00 bits per heavy atom. The maximum absolute atomic E-state index is 11.9. The summed E-state index contributed by atoms with van der Waals surface area (Å²) in [5, 5.41) is 11.4. The van der Waals surface area contributed by atoms with E-state index in [0.717, 1.165) is 11.3 Å². The number of aliphatic hydroxyl groups is 1. The van der Waals surface area contributed by atoms with Crippen molar-refractivity contribution in [3.63, 3.8) is 0 Å². The smallest absolute Gasteiger partial charge is 0.330 e. The lowest BCUT2D eigenvalue weighted by Gasteiger charge is -2.17. The molecule has 0 bridgehead atoms. The number of hydrogen-bond donors (Lipinski definition) is 3. The molecule has 1 rings (SSSR count). The van der Waals surface area contributed by atoms with Crippen molar-refractivity contribution in [2.75, 3.05) is 19.5 Å². The Labute approximate surface area is 134 Å². The third-order valence-corrected chi connectivity index (χ3v) is 4.14. The molecule has 1 amide bonds. The number of nitrogens with one attached hydrogen (secondary N) is 1. The molecule has 0 saturated heterocycles. The summed E-state index contributed by atoms with van der Waals surface area (Å²) in [4.78, 5) is 23.1. The first-order valence-corrected chi connectivity index (χ1v) is 8.01. The molecule has 0 aliphatic rings. The first kappa shape index (κ1) is 18.5. The fraction of sp³-hybridized carbons (Fsp3) is 0.467. The van der Waals surface area contributed by atoms with Crippen LogP contribution in [0.15, 0.2) is 24.3 Å². The standard InChI is InChI=1S/C15H22N2O4S/c1-10-3-5-11(6-4-10)8-22-9-12(16)14(19)17-13(7-18)15(20)21-2/h3-6,12-13,18H,7-9,16H2,1-2H3,(H,17,19)/t12-,13-/m0/s1. The normalized spacial score (nSPS) is 13.3. The minimum atomic E-state index is -1.08. The Balaban J connectivity index is 2.37. The third-order valence-electron chi connectivity index (χ3n) is 3.01. The van der Waals surface area contributed by atoms with E-state index in [4.69, 9.17) is 10.8 Å². The molecule has 7 heteroatoms. The Bertz CT molecular complexity index is 493. The van der Waals surface area contributed by atoms with Crippen molar-refractivity contribution in [3.05, 3.63) is 35.4 Å². The lowest BCUT2D eigenvalue weighted by Crippen LogP contribution is -2.51. The van der Waals surface area contributed by atoms with Crippen LogP contribution in [0.25, 0.3) is 0 Å². The van der Waals surface area contributed by atoms with E-state index in [2.05, 4.69) is 10.1 Å². The van der Waals surface area contributed by atoms with Gasteiger partial charge in [-0.25, -0.2) is 4.79 Å². The van der Waals surface area contributed by atoms with Crippen LogP contribution in [0.3, 0.4) is 0 Å². The van der Waals surface area contributed by atoms with Crippen molar-refractivity contribution in [1.82, 2.24) is 5.32 Å². The molecule has 0 heterocycles. The van der Waals surface area contributed by atoms with Gasteiger partial charge in [0.2, 0.25) is 5.91 Å². The van der Waals surface area contributed by atoms with E-state index >= 15 is 0 Å². The van der Waals surface area contributed by atoms with Gasteiger partial charge in [0.25, 0.3) is 0 Å². The predicted octanol–water partition coefficient (Wildman–Crippen LogP) is 0.206. The number of carbonyl (C=O) groups is 2. The maximum atomic E-state index is 11.9. The first-order chi connectivity index (χ1) is 10.5. The van der Waals surface area contributed by atoms with Crippen molar-refractivity contribution in [1.29, 1.82) is 0 Å². The maximum Gasteiger partial charge on any atom is 0.330 e. The van der Waals surface area contributed by atoms with Gasteiger partial charge in [0.15, 0.2) is 6.04 Å². The van der Waals surface area contributed by atoms with Crippen LogP contribution in [0.4, 0.5) is 0 Å². The van der Waals surface area contributed by atoms with Crippen LogP contribution in [0, 0.1) is 6.92 Å². The molecule has 0 unspecified atom stereocenters. The molecular weight excluding hydrogens is 304 g/mol. The second-order valence-electron chi connectivity index (χ2n) is 4.87. The number of aliphatic hydroxyl groups excluding tert-OH is 1. The molecule has 22 heavy (non-hydrogen) atoms. The van der Waals surface area contributed by atoms with Gasteiger partial charge in [-0.15, -0.1) is 0 Å². The second kappa shape index (κ2) is 9.45. The van der Waals surface area contributed by atoms with Gasteiger partial charge in [0.1, 0.15) is 0 Å². The SMILES string of the molecule is COC(=O)[C@H](CO)NC(=O)[C@@H](N)CSCc1ccc(C)cc1. The molecule has 0 aliphatic carbocycles. The van der Waals surface area contributed by atoms with Crippen LogP contribution in [0.5, 0.6) is 0 Å². The number of amides is 1. The highest BCUT2D eigenvalue weighted by molar-refractivity contribution is 7.98. The summed E-state index contributed by atoms with van der Waals surface area (Å²) in [7, 11) is 1.19. The largest absolute Gasteiger partial charge is 0.467 e. The Morgan fingerprint density at radius 3 is 2.55 bits per heavy atom. The predicted molar refractivity (Wildman–Crippen MR) is 86.3 cm³/mol. The van der Waals surface area contributed by atoms with E-state index in [9.17, 15) is 9.59 Å². The van der Waals surface area contributed by atoms with Crippen molar-refractivity contribution in [2.45, 2.75) is 24.8 Å². The molecule has 0 fully saturated rings. The molecule has 0 spiro atoms. The van der Waals surface area contributed by atoms with Gasteiger partial charge in [-0.1, -0.05) is 29.8 Å². The molecule has 4 N–H and O–H groups in total. The number of aryl methyl sites for hydroxylation is 1. The highest BCUT2D eigenvalue weighted by Gasteiger charge is 2.23. The number of esters is 1. The molecule has 0 aromatic heterocycles. The zero-order valence-electron chi connectivity index (χ0n) is 12.7. The molecular formula is C15H22N2O4S. The van der Waals surface area contributed by atoms with Gasteiger partial charge < -0.3 is 20.9 Å². The average molecular weight is 326 g/mol. The molecule has 0 saturated carbocycles. The number of carbonyl (C=O) groups excluding carboxylic acids is 2. The van der Waals surface area contributed by atoms with Gasteiger partial charge in [0.05, 0.1) is 19.8 Å². The molecule has 2 atom stereocenters. The minimum Gasteiger partial charge on any atom is -0.467 e. The monoisotopic (exact) mass is 326 g/mol. The first-order valence-electron chi connectivity index (χ1n) is 6.85. The van der Waals surface area contributed by atoms with Crippen LogP contribution >= 0.6 is 11.8 Å². The zero-order chi connectivity index (χ0) is 16.5. The third kappa shape index (κ3) is 6.05. The van der Waals surface area contributed by atoms with E-state index < -0.39 is 30.6 Å². The van der Waals surface area contributed by atoms with Crippen LogP contribution in [-0.4, -0.2) is 48.5 Å². The summed E-state index contributed by atoms with van der Waals surface area (Å²) in [6.45, 7) is 1.50. The van der Waals surface area contributed by atoms with E-state index in [1.807, 2.05) is 31.2 Å². The Hall–Kier alpha value is -1.57. The van der Waals surface area contributed by atoms with Gasteiger partial charge in [-0.2, -0.15) is 11.8 Å². The van der Waals surface area contributed by atoms with Crippen LogP contribution in [0.2, 0.25) is 0 Å². The second-order valence-corrected chi connectivity index (χ2v) is 5.90. The minimum absolute atomic E-state index is 0.416. The summed E-state index contributed by atoms with van der Waals surface area (Å²) in [5.74, 6) is -0.0167. The lowest BCUT2D eigenvalue weighted by molar-refractivity contribution is -0.146. The fourth-order valence-corrected chi connectivity index (χ4v) is 2.62. The van der Waals surface area contributed by atoms with Crippen molar-refractivity contribution >= 4 is 23.6 Å². The number of benzene rings is 1. The average Bonchev–Trinajstić information content (AvgIpc) is 2.53. The molecule has 6 nitrogen and oxygen atoms in total. The number of hydrogen-bond acceptors (Lipinski definition) is 6. The van der Waals surface area contributed by atoms with E-state index in [0.29, 0.717) is 5.75 Å². The van der Waals surface area contributed by atoms with E-state index in [-0.39, 0.29) is 0 Å². The lowest BCUT2D eigenvalue weighted by atomic mass is 10.2. The summed E-state index contributed by atoms with van der Waals surface area (Å²) >= 11 is 1.53. The van der Waals surface area contributed by atoms with Crippen LogP contribution < -0.4 is 11.1 Å². The van der Waals surface area contributed by atoms with Gasteiger partial charge in [-0.05, 0) is 12.5 Å². The summed E-state index contributed by atoms with van der Waals surface area (Å²) < 4.78 is 4.47. The van der Waals surface area contributed by atoms with Crippen molar-refractivity contribution < 1.29 is 19.4 Å². The van der Waals surface area contributed by atoms with Crippen molar-refractivity contribution in [2.24, 2.45) is 5.73 Å². The Morgan fingerprint density at radius 1 is 1.36 bits per heavy atom. The number of ether oxygens (including phenoxy) is 1. The van der Waals surface area contributed by atoms with E-state index in [1.54, 1.807) is 0 Å². The summed E-state index contributed by atoms with van der Waals surface area (Å²) in [6, 6.07) is 6.30. The number of rotatable bonds is 8. The van der Waals surface area contributed by atoms with Gasteiger partial charge in [0, 0.05) is 11.5 Å². The highest BCUT2D eigenvalue weighted by Crippen LogP contribution is 2.13. The number of thioether (sulfide) groups is 1. The summed E-state index contributed by atoms with van der Waals surface area (Å²) in [5.41, 5.74) is 8.14. The van der Waals surface area contributed by atoms with Crippen LogP contribution in [0.1, 0.15) is 11.1 Å². The molecule has 0 radical (unpaired) electrons.